The van der Waals surface area contributed by atoms with Crippen molar-refractivity contribution in [1.82, 2.24) is 0 Å². The van der Waals surface area contributed by atoms with E-state index >= 15 is 0 Å². The normalized spacial score (nSPS) is 10.3. The number of benzene rings is 3. The van der Waals surface area contributed by atoms with Crippen LogP contribution in [0.15, 0.2) is 122 Å². The Hall–Kier alpha value is -3.52. The Labute approximate surface area is 195 Å². The van der Waals surface area contributed by atoms with Crippen LogP contribution >= 0.6 is 0 Å². The van der Waals surface area contributed by atoms with E-state index in [9.17, 15) is 0 Å². The van der Waals surface area contributed by atoms with Gasteiger partial charge in [0.15, 0.2) is 0 Å². The quantitative estimate of drug-likeness (QED) is 0.351. The number of aryl methyl sites for hydroxylation is 1. The van der Waals surface area contributed by atoms with E-state index in [4.69, 9.17) is 0 Å². The van der Waals surface area contributed by atoms with Gasteiger partial charge in [0.25, 0.3) is 0 Å². The van der Waals surface area contributed by atoms with Crippen molar-refractivity contribution in [3.63, 3.8) is 0 Å². The third kappa shape index (κ3) is 11.6. The molecule has 0 fully saturated rings. The minimum atomic E-state index is 1.06. The summed E-state index contributed by atoms with van der Waals surface area (Å²) in [6, 6.07) is 28.6. The molecular weight excluding hydrogens is 388 g/mol. The molecule has 0 heterocycles. The van der Waals surface area contributed by atoms with Crippen LogP contribution in [0.5, 0.6) is 0 Å². The van der Waals surface area contributed by atoms with Gasteiger partial charge in [-0.15, -0.1) is 0 Å². The van der Waals surface area contributed by atoms with Crippen LogP contribution in [0.2, 0.25) is 0 Å². The topological polar surface area (TPSA) is 24.1 Å². The number of hydrogen-bond donors (Lipinski definition) is 2. The molecule has 0 amide bonds. The molecule has 2 heteroatoms. The second-order valence-electron chi connectivity index (χ2n) is 6.92. The Morgan fingerprint density at radius 2 is 1.31 bits per heavy atom. The van der Waals surface area contributed by atoms with E-state index < -0.39 is 0 Å². The molecule has 0 aliphatic rings. The molecule has 0 aromatic heterocycles. The van der Waals surface area contributed by atoms with Gasteiger partial charge in [-0.3, -0.25) is 0 Å². The molecule has 0 bridgehead atoms. The van der Waals surface area contributed by atoms with Gasteiger partial charge in [-0.1, -0.05) is 100 Å². The van der Waals surface area contributed by atoms with E-state index in [2.05, 4.69) is 85.7 Å². The molecule has 3 rings (SSSR count). The molecule has 0 saturated carbocycles. The van der Waals surface area contributed by atoms with Gasteiger partial charge >= 0.3 is 0 Å². The first-order valence-corrected chi connectivity index (χ1v) is 11.4. The molecule has 0 radical (unpaired) electrons. The van der Waals surface area contributed by atoms with E-state index in [-0.39, 0.29) is 0 Å². The summed E-state index contributed by atoms with van der Waals surface area (Å²) >= 11 is 0. The van der Waals surface area contributed by atoms with Gasteiger partial charge in [0.2, 0.25) is 0 Å². The fraction of sp³-hybridized carbons (Fsp3) is 0.200. The van der Waals surface area contributed by atoms with Crippen molar-refractivity contribution in [2.24, 2.45) is 0 Å². The molecule has 0 atom stereocenters. The predicted molar refractivity (Wildman–Crippen MR) is 145 cm³/mol. The van der Waals surface area contributed by atoms with Crippen molar-refractivity contribution < 1.29 is 0 Å². The maximum atomic E-state index is 3.83. The molecule has 0 saturated heterocycles. The molecule has 3 aromatic rings. The Morgan fingerprint density at radius 1 is 0.781 bits per heavy atom. The Kier molecular flexibility index (Phi) is 14.2. The van der Waals surface area contributed by atoms with Gasteiger partial charge in [-0.25, -0.2) is 0 Å². The summed E-state index contributed by atoms with van der Waals surface area (Å²) in [6.07, 6.45) is 10.2. The van der Waals surface area contributed by atoms with E-state index in [0.29, 0.717) is 0 Å². The van der Waals surface area contributed by atoms with Gasteiger partial charge in [0, 0.05) is 23.3 Å². The van der Waals surface area contributed by atoms with Gasteiger partial charge in [-0.2, -0.15) is 0 Å². The van der Waals surface area contributed by atoms with Crippen molar-refractivity contribution >= 4 is 17.1 Å². The largest absolute Gasteiger partial charge is 0.362 e. The number of allylic oxidation sites excluding steroid dienone is 4. The molecule has 0 aliphatic heterocycles. The number of nitrogens with one attached hydrogen (secondary N) is 2. The lowest BCUT2D eigenvalue weighted by atomic mass is 10.1. The van der Waals surface area contributed by atoms with Crippen molar-refractivity contribution in [2.45, 2.75) is 40.5 Å². The molecule has 168 valence electrons. The van der Waals surface area contributed by atoms with Crippen molar-refractivity contribution in [1.29, 1.82) is 0 Å². The highest BCUT2D eigenvalue weighted by Gasteiger charge is 1.94. The van der Waals surface area contributed by atoms with E-state index in [0.717, 1.165) is 29.9 Å². The SMILES string of the molecule is C=C/C(=C\C=C\Nc1ccc(Nc2ccccc2)cc1)CCC.CC.Cc1ccccc1. The summed E-state index contributed by atoms with van der Waals surface area (Å²) in [5, 5.41) is 6.64. The van der Waals surface area contributed by atoms with E-state index in [1.165, 1.54) is 11.1 Å². The average molecular weight is 427 g/mol. The highest BCUT2D eigenvalue weighted by atomic mass is 14.9. The van der Waals surface area contributed by atoms with Gasteiger partial charge in [-0.05, 0) is 61.4 Å². The average Bonchev–Trinajstić information content (AvgIpc) is 2.85. The highest BCUT2D eigenvalue weighted by Crippen LogP contribution is 2.18. The van der Waals surface area contributed by atoms with Crippen LogP contribution < -0.4 is 10.6 Å². The second kappa shape index (κ2) is 17.2. The van der Waals surface area contributed by atoms with E-state index in [1.807, 2.05) is 68.6 Å². The van der Waals surface area contributed by atoms with Crippen molar-refractivity contribution in [2.75, 3.05) is 10.6 Å². The second-order valence-corrected chi connectivity index (χ2v) is 6.92. The third-order valence-corrected chi connectivity index (χ3v) is 4.35. The zero-order valence-corrected chi connectivity index (χ0v) is 20.0. The molecule has 3 aromatic carbocycles. The fourth-order valence-corrected chi connectivity index (χ4v) is 2.73. The molecule has 32 heavy (non-hydrogen) atoms. The summed E-state index contributed by atoms with van der Waals surface area (Å²) in [6.45, 7) is 12.1. The number of rotatable bonds is 8. The molecule has 0 aliphatic carbocycles. The lowest BCUT2D eigenvalue weighted by Gasteiger charge is -2.07. The van der Waals surface area contributed by atoms with Crippen LogP contribution in [0.25, 0.3) is 0 Å². The highest BCUT2D eigenvalue weighted by molar-refractivity contribution is 5.62. The molecular formula is C30H38N2. The lowest BCUT2D eigenvalue weighted by Crippen LogP contribution is -1.91. The maximum absolute atomic E-state index is 3.83. The Bertz CT molecular complexity index is 908. The van der Waals surface area contributed by atoms with Crippen LogP contribution in [0.1, 0.15) is 39.2 Å². The van der Waals surface area contributed by atoms with Gasteiger partial charge < -0.3 is 10.6 Å². The standard InChI is InChI=1S/C21H24N2.C7H8.C2H6/c1-3-9-18(4-2)10-8-17-22-19-13-15-21(16-14-19)23-20-11-6-5-7-12-20;1-7-5-3-2-4-6-7;1-2/h4-8,10-17,22-23H,2-3,9H2,1H3;2-6H,1H3;1-2H3/b17-8+,18-10+;;. The fourth-order valence-electron chi connectivity index (χ4n) is 2.73. The van der Waals surface area contributed by atoms with Crippen LogP contribution in [-0.4, -0.2) is 0 Å². The van der Waals surface area contributed by atoms with Gasteiger partial charge in [0.05, 0.1) is 0 Å². The summed E-state index contributed by atoms with van der Waals surface area (Å²) in [5.41, 5.74) is 5.80. The first kappa shape index (κ1) is 26.5. The number of para-hydroxylation sites is 1. The Balaban J connectivity index is 0.000000477. The summed E-state index contributed by atoms with van der Waals surface area (Å²) < 4.78 is 0. The first-order valence-electron chi connectivity index (χ1n) is 11.4. The number of hydrogen-bond acceptors (Lipinski definition) is 2. The summed E-state index contributed by atoms with van der Waals surface area (Å²) in [4.78, 5) is 0. The zero-order chi connectivity index (χ0) is 23.4. The molecule has 0 spiro atoms. The maximum Gasteiger partial charge on any atom is 0.0385 e. The monoisotopic (exact) mass is 426 g/mol. The minimum Gasteiger partial charge on any atom is -0.362 e. The molecule has 2 N–H and O–H groups in total. The van der Waals surface area contributed by atoms with Crippen molar-refractivity contribution in [3.8, 4) is 0 Å². The van der Waals surface area contributed by atoms with Gasteiger partial charge in [0.1, 0.15) is 0 Å². The summed E-state index contributed by atoms with van der Waals surface area (Å²) in [7, 11) is 0. The van der Waals surface area contributed by atoms with Crippen LogP contribution in [-0.2, 0) is 0 Å². The summed E-state index contributed by atoms with van der Waals surface area (Å²) in [5.74, 6) is 0. The van der Waals surface area contributed by atoms with Crippen LogP contribution in [0.4, 0.5) is 17.1 Å². The lowest BCUT2D eigenvalue weighted by molar-refractivity contribution is 0.927. The zero-order valence-electron chi connectivity index (χ0n) is 20.0. The molecule has 0 unspecified atom stereocenters. The first-order chi connectivity index (χ1) is 15.7. The smallest absolute Gasteiger partial charge is 0.0385 e. The Morgan fingerprint density at radius 3 is 1.81 bits per heavy atom. The van der Waals surface area contributed by atoms with Crippen LogP contribution in [0.3, 0.4) is 0 Å². The van der Waals surface area contributed by atoms with Crippen molar-refractivity contribution in [3.05, 3.63) is 127 Å². The predicted octanol–water partition coefficient (Wildman–Crippen LogP) is 9.29. The van der Waals surface area contributed by atoms with Crippen LogP contribution in [0, 0.1) is 6.92 Å². The number of anilines is 3. The third-order valence-electron chi connectivity index (χ3n) is 4.35. The molecule has 2 nitrogen and oxygen atoms in total. The minimum absolute atomic E-state index is 1.06. The van der Waals surface area contributed by atoms with E-state index in [1.54, 1.807) is 0 Å².